The number of aromatic nitrogens is 1. The number of nitrogens with zero attached hydrogens (tertiary/aromatic N) is 5. The molecule has 2 rings (SSSR count). The van der Waals surface area contributed by atoms with Crippen molar-refractivity contribution in [2.75, 3.05) is 46.2 Å². The first-order valence-electron chi connectivity index (χ1n) is 6.17. The largest absolute Gasteiger partial charge is 0.378 e. The second-order valence-corrected chi connectivity index (χ2v) is 4.86. The second kappa shape index (κ2) is 5.25. The number of aliphatic imine (C=N–C) groups is 1. The quantitative estimate of drug-likeness (QED) is 0.794. The molecule has 0 radical (unpaired) electrons. The molecule has 0 bridgehead atoms. The summed E-state index contributed by atoms with van der Waals surface area (Å²) in [4.78, 5) is 15.4. The lowest BCUT2D eigenvalue weighted by Crippen LogP contribution is -2.28. The third-order valence-electron chi connectivity index (χ3n) is 3.15. The summed E-state index contributed by atoms with van der Waals surface area (Å²) < 4.78 is 0. The van der Waals surface area contributed by atoms with Crippen LogP contribution in [0.25, 0.3) is 0 Å². The van der Waals surface area contributed by atoms with Gasteiger partial charge in [-0.25, -0.2) is 4.99 Å². The highest BCUT2D eigenvalue weighted by atomic mass is 15.4. The van der Waals surface area contributed by atoms with E-state index in [0.717, 1.165) is 30.4 Å². The van der Waals surface area contributed by atoms with Crippen molar-refractivity contribution in [2.45, 2.75) is 6.54 Å². The van der Waals surface area contributed by atoms with E-state index in [1.807, 2.05) is 26.4 Å². The van der Waals surface area contributed by atoms with Gasteiger partial charge in [-0.1, -0.05) is 0 Å². The van der Waals surface area contributed by atoms with E-state index in [1.165, 1.54) is 0 Å². The average molecular weight is 247 g/mol. The van der Waals surface area contributed by atoms with Gasteiger partial charge in [-0.05, 0) is 12.1 Å². The van der Waals surface area contributed by atoms with E-state index >= 15 is 0 Å². The Labute approximate surface area is 109 Å². The zero-order valence-corrected chi connectivity index (χ0v) is 11.6. The highest BCUT2D eigenvalue weighted by Gasteiger charge is 2.19. The summed E-state index contributed by atoms with van der Waals surface area (Å²) in [5, 5.41) is 0. The maximum atomic E-state index is 4.64. The van der Waals surface area contributed by atoms with Crippen molar-refractivity contribution in [3.8, 4) is 0 Å². The van der Waals surface area contributed by atoms with E-state index in [9.17, 15) is 0 Å². The van der Waals surface area contributed by atoms with Crippen molar-refractivity contribution < 1.29 is 0 Å². The predicted molar refractivity (Wildman–Crippen MR) is 75.0 cm³/mol. The Hall–Kier alpha value is -1.78. The topological polar surface area (TPSA) is 35.0 Å². The minimum atomic E-state index is 0.631. The molecular formula is C13H21N5. The summed E-state index contributed by atoms with van der Waals surface area (Å²) in [6, 6.07) is 4.09. The molecule has 1 aromatic heterocycles. The number of guanidine groups is 1. The first kappa shape index (κ1) is 12.7. The van der Waals surface area contributed by atoms with Crippen molar-refractivity contribution in [1.29, 1.82) is 0 Å². The third kappa shape index (κ3) is 2.72. The number of anilines is 1. The van der Waals surface area contributed by atoms with Gasteiger partial charge in [-0.3, -0.25) is 4.98 Å². The summed E-state index contributed by atoms with van der Waals surface area (Å²) in [6.45, 7) is 2.71. The summed E-state index contributed by atoms with van der Waals surface area (Å²) in [5.41, 5.74) is 2.16. The molecule has 18 heavy (non-hydrogen) atoms. The van der Waals surface area contributed by atoms with Crippen molar-refractivity contribution in [3.63, 3.8) is 0 Å². The molecule has 0 unspecified atom stereocenters. The predicted octanol–water partition coefficient (Wildman–Crippen LogP) is 0.881. The van der Waals surface area contributed by atoms with Crippen LogP contribution in [0.2, 0.25) is 0 Å². The Morgan fingerprint density at radius 2 is 1.94 bits per heavy atom. The van der Waals surface area contributed by atoms with Crippen molar-refractivity contribution in [3.05, 3.63) is 24.0 Å². The Balaban J connectivity index is 2.10. The maximum Gasteiger partial charge on any atom is 0.196 e. The van der Waals surface area contributed by atoms with Gasteiger partial charge in [0.05, 0.1) is 12.2 Å². The molecule has 1 fully saturated rings. The molecule has 0 saturated carbocycles. The fourth-order valence-electron chi connectivity index (χ4n) is 2.01. The maximum absolute atomic E-state index is 4.64. The standard InChI is InChI=1S/C13H21N5/c1-16(2)12-5-6-14-11(9-12)10-15-13-17(3)7-8-18(13)4/h5-6,9H,7-8,10H2,1-4H3. The highest BCUT2D eigenvalue weighted by Crippen LogP contribution is 2.12. The summed E-state index contributed by atoms with van der Waals surface area (Å²) in [6.07, 6.45) is 1.84. The third-order valence-corrected chi connectivity index (χ3v) is 3.15. The molecule has 0 amide bonds. The normalized spacial score (nSPS) is 15.2. The van der Waals surface area contributed by atoms with Crippen LogP contribution in [0.5, 0.6) is 0 Å². The molecule has 5 nitrogen and oxygen atoms in total. The van der Waals surface area contributed by atoms with Crippen LogP contribution in [0.15, 0.2) is 23.3 Å². The highest BCUT2D eigenvalue weighted by molar-refractivity contribution is 5.81. The van der Waals surface area contributed by atoms with Gasteiger partial charge >= 0.3 is 0 Å². The van der Waals surface area contributed by atoms with E-state index in [1.54, 1.807) is 0 Å². The molecule has 0 aromatic carbocycles. The number of hydrogen-bond donors (Lipinski definition) is 0. The van der Waals surface area contributed by atoms with Crippen LogP contribution in [0.3, 0.4) is 0 Å². The molecular weight excluding hydrogens is 226 g/mol. The van der Waals surface area contributed by atoms with E-state index in [0.29, 0.717) is 6.54 Å². The zero-order chi connectivity index (χ0) is 13.1. The molecule has 1 saturated heterocycles. The van der Waals surface area contributed by atoms with Crippen LogP contribution in [-0.2, 0) is 6.54 Å². The van der Waals surface area contributed by atoms with Crippen LogP contribution < -0.4 is 4.90 Å². The zero-order valence-electron chi connectivity index (χ0n) is 11.6. The summed E-state index contributed by atoms with van der Waals surface area (Å²) >= 11 is 0. The number of pyridine rings is 1. The van der Waals surface area contributed by atoms with Crippen LogP contribution in [0.1, 0.15) is 5.69 Å². The van der Waals surface area contributed by atoms with Crippen LogP contribution >= 0.6 is 0 Å². The lowest BCUT2D eigenvalue weighted by Gasteiger charge is -2.16. The van der Waals surface area contributed by atoms with E-state index < -0.39 is 0 Å². The molecule has 1 aliphatic rings. The summed E-state index contributed by atoms with van der Waals surface area (Å²) in [5.74, 6) is 1.05. The second-order valence-electron chi connectivity index (χ2n) is 4.86. The lowest BCUT2D eigenvalue weighted by atomic mass is 10.3. The van der Waals surface area contributed by atoms with Gasteiger partial charge in [0.25, 0.3) is 0 Å². The molecule has 0 N–H and O–H groups in total. The van der Waals surface area contributed by atoms with Crippen LogP contribution in [0.4, 0.5) is 5.69 Å². The fourth-order valence-corrected chi connectivity index (χ4v) is 2.01. The van der Waals surface area contributed by atoms with Crippen LogP contribution in [0, 0.1) is 0 Å². The lowest BCUT2D eigenvalue weighted by molar-refractivity contribution is 0.553. The molecule has 2 heterocycles. The van der Waals surface area contributed by atoms with Crippen molar-refractivity contribution in [1.82, 2.24) is 14.8 Å². The molecule has 5 heteroatoms. The first-order chi connectivity index (χ1) is 8.58. The number of rotatable bonds is 3. The Morgan fingerprint density at radius 1 is 1.28 bits per heavy atom. The molecule has 0 atom stereocenters. The van der Waals surface area contributed by atoms with Gasteiger partial charge < -0.3 is 14.7 Å². The Morgan fingerprint density at radius 3 is 2.56 bits per heavy atom. The number of likely N-dealkylation sites (N-methyl/N-ethyl adjacent to an activating group) is 2. The smallest absolute Gasteiger partial charge is 0.196 e. The van der Waals surface area contributed by atoms with Gasteiger partial charge in [-0.15, -0.1) is 0 Å². The average Bonchev–Trinajstić information content (AvgIpc) is 2.67. The van der Waals surface area contributed by atoms with Gasteiger partial charge in [0, 0.05) is 53.2 Å². The fraction of sp³-hybridized carbons (Fsp3) is 0.538. The minimum Gasteiger partial charge on any atom is -0.378 e. The first-order valence-corrected chi connectivity index (χ1v) is 6.17. The molecule has 1 aliphatic heterocycles. The monoisotopic (exact) mass is 247 g/mol. The van der Waals surface area contributed by atoms with Gasteiger partial charge in [0.2, 0.25) is 0 Å². The van der Waals surface area contributed by atoms with E-state index in [-0.39, 0.29) is 0 Å². The molecule has 0 aliphatic carbocycles. The SMILES string of the molecule is CN1CCN(C)C1=NCc1cc(N(C)C)ccn1. The van der Waals surface area contributed by atoms with Gasteiger partial charge in [0.15, 0.2) is 5.96 Å². The number of hydrogen-bond acceptors (Lipinski definition) is 3. The van der Waals surface area contributed by atoms with E-state index in [4.69, 9.17) is 0 Å². The Bertz CT molecular complexity index is 429. The molecule has 1 aromatic rings. The minimum absolute atomic E-state index is 0.631. The van der Waals surface area contributed by atoms with Crippen molar-refractivity contribution in [2.24, 2.45) is 4.99 Å². The van der Waals surface area contributed by atoms with Gasteiger partial charge in [0.1, 0.15) is 0 Å². The van der Waals surface area contributed by atoms with Gasteiger partial charge in [-0.2, -0.15) is 0 Å². The Kier molecular flexibility index (Phi) is 3.69. The molecule has 98 valence electrons. The van der Waals surface area contributed by atoms with Crippen molar-refractivity contribution >= 4 is 11.6 Å². The van der Waals surface area contributed by atoms with E-state index in [2.05, 4.69) is 44.8 Å². The molecule has 0 spiro atoms. The van der Waals surface area contributed by atoms with Crippen LogP contribution in [-0.4, -0.2) is 62.0 Å². The summed E-state index contributed by atoms with van der Waals surface area (Å²) in [7, 11) is 8.21.